The Morgan fingerprint density at radius 1 is 1.14 bits per heavy atom. The summed E-state index contributed by atoms with van der Waals surface area (Å²) in [6, 6.07) is 5.70. The molecule has 1 rings (SSSR count). The first kappa shape index (κ1) is 12.7. The van der Waals surface area contributed by atoms with Gasteiger partial charge in [-0.15, -0.1) is 0 Å². The zero-order valence-corrected chi connectivity index (χ0v) is 8.53. The zero-order chi connectivity index (χ0) is 10.8. The molecule has 14 heavy (non-hydrogen) atoms. The fourth-order valence-electron chi connectivity index (χ4n) is 0.657. The van der Waals surface area contributed by atoms with Crippen LogP contribution in [0.3, 0.4) is 0 Å². The quantitative estimate of drug-likeness (QED) is 0.393. The molecular weight excluding hydrogens is 182 g/mol. The average molecular weight is 199 g/mol. The monoisotopic (exact) mass is 199 g/mol. The summed E-state index contributed by atoms with van der Waals surface area (Å²) in [6.45, 7) is 3.03. The molecule has 4 heteroatoms. The Balaban J connectivity index is 0.000000255. The molecule has 0 fully saturated rings. The van der Waals surface area contributed by atoms with E-state index in [1.165, 1.54) is 24.3 Å². The maximum Gasteiger partial charge on any atom is 0.115 e. The maximum absolute atomic E-state index is 8.65. The summed E-state index contributed by atoms with van der Waals surface area (Å²) in [4.78, 5) is 4.53. The van der Waals surface area contributed by atoms with E-state index in [0.29, 0.717) is 0 Å². The third-order valence-electron chi connectivity index (χ3n) is 1.35. The minimum Gasteiger partial charge on any atom is -0.508 e. The summed E-state index contributed by atoms with van der Waals surface area (Å²) in [7, 11) is 1.62. The Morgan fingerprint density at radius 3 is 1.79 bits per heavy atom. The van der Waals surface area contributed by atoms with Crippen LogP contribution in [0, 0.1) is 0 Å². The van der Waals surface area contributed by atoms with Crippen molar-refractivity contribution in [2.24, 2.45) is 0 Å². The van der Waals surface area contributed by atoms with E-state index in [1.54, 1.807) is 7.11 Å². The van der Waals surface area contributed by atoms with E-state index < -0.39 is 0 Å². The molecule has 0 aliphatic carbocycles. The van der Waals surface area contributed by atoms with Gasteiger partial charge in [0.05, 0.1) is 7.11 Å². The van der Waals surface area contributed by atoms with Crippen molar-refractivity contribution in [1.29, 1.82) is 0 Å². The number of rotatable bonds is 3. The van der Waals surface area contributed by atoms with Crippen molar-refractivity contribution in [1.82, 2.24) is 5.48 Å². The maximum atomic E-state index is 8.65. The van der Waals surface area contributed by atoms with E-state index in [9.17, 15) is 0 Å². The molecule has 0 amide bonds. The summed E-state index contributed by atoms with van der Waals surface area (Å²) < 4.78 is 0. The van der Waals surface area contributed by atoms with Gasteiger partial charge < -0.3 is 15.1 Å². The summed E-state index contributed by atoms with van der Waals surface area (Å²) >= 11 is 0. The minimum atomic E-state index is 0.169. The van der Waals surface area contributed by atoms with Crippen molar-refractivity contribution in [2.75, 3.05) is 13.7 Å². The SMILES string of the molecule is CCCNOC.Oc1ccc(O)cc1. The van der Waals surface area contributed by atoms with Gasteiger partial charge in [-0.25, -0.2) is 5.48 Å². The van der Waals surface area contributed by atoms with Gasteiger partial charge >= 0.3 is 0 Å². The summed E-state index contributed by atoms with van der Waals surface area (Å²) in [5.74, 6) is 0.339. The van der Waals surface area contributed by atoms with Crippen molar-refractivity contribution >= 4 is 0 Å². The first-order valence-electron chi connectivity index (χ1n) is 4.44. The minimum absolute atomic E-state index is 0.169. The number of phenolic OH excluding ortho intramolecular Hbond substituents is 2. The van der Waals surface area contributed by atoms with E-state index in [1.807, 2.05) is 0 Å². The average Bonchev–Trinajstić information content (AvgIpc) is 2.20. The molecule has 0 aromatic heterocycles. The Labute approximate surface area is 84.1 Å². The fraction of sp³-hybridized carbons (Fsp3) is 0.400. The third kappa shape index (κ3) is 7.39. The number of phenols is 2. The normalized spacial score (nSPS) is 9.00. The van der Waals surface area contributed by atoms with Crippen molar-refractivity contribution in [3.05, 3.63) is 24.3 Å². The zero-order valence-electron chi connectivity index (χ0n) is 8.53. The predicted octanol–water partition coefficient (Wildman–Crippen LogP) is 1.65. The molecule has 0 saturated heterocycles. The van der Waals surface area contributed by atoms with Crippen LogP contribution in [-0.2, 0) is 4.84 Å². The number of hydrogen-bond donors (Lipinski definition) is 3. The second kappa shape index (κ2) is 8.34. The standard InChI is InChI=1S/C6H6O2.C4H11NO/c7-5-1-2-6(8)4-3-5;1-3-4-5-6-2/h1-4,7-8H;5H,3-4H2,1-2H3. The van der Waals surface area contributed by atoms with Crippen LogP contribution >= 0.6 is 0 Å². The van der Waals surface area contributed by atoms with Crippen LogP contribution in [0.5, 0.6) is 11.5 Å². The molecule has 0 unspecified atom stereocenters. The van der Waals surface area contributed by atoms with Gasteiger partial charge in [-0.1, -0.05) is 6.92 Å². The highest BCUT2D eigenvalue weighted by atomic mass is 16.6. The highest BCUT2D eigenvalue weighted by Gasteiger charge is 1.84. The van der Waals surface area contributed by atoms with Gasteiger partial charge in [0.15, 0.2) is 0 Å². The molecule has 0 aliphatic rings. The summed E-state index contributed by atoms with van der Waals surface area (Å²) in [5.41, 5.74) is 2.70. The number of benzene rings is 1. The Hall–Kier alpha value is -1.26. The van der Waals surface area contributed by atoms with Crippen molar-refractivity contribution < 1.29 is 15.1 Å². The topological polar surface area (TPSA) is 61.7 Å². The third-order valence-corrected chi connectivity index (χ3v) is 1.35. The molecule has 0 heterocycles. The molecule has 4 nitrogen and oxygen atoms in total. The highest BCUT2D eigenvalue weighted by molar-refractivity contribution is 5.28. The van der Waals surface area contributed by atoms with Gasteiger partial charge in [-0.05, 0) is 30.7 Å². The number of hydrogen-bond acceptors (Lipinski definition) is 4. The molecule has 3 N–H and O–H groups in total. The predicted molar refractivity (Wildman–Crippen MR) is 55.1 cm³/mol. The second-order valence-corrected chi connectivity index (χ2v) is 2.61. The smallest absolute Gasteiger partial charge is 0.115 e. The van der Waals surface area contributed by atoms with Crippen molar-refractivity contribution in [2.45, 2.75) is 13.3 Å². The summed E-state index contributed by atoms with van der Waals surface area (Å²) in [6.07, 6.45) is 1.12. The van der Waals surface area contributed by atoms with Crippen LogP contribution in [0.2, 0.25) is 0 Å². The van der Waals surface area contributed by atoms with E-state index in [4.69, 9.17) is 10.2 Å². The Kier molecular flexibility index (Phi) is 7.59. The lowest BCUT2D eigenvalue weighted by atomic mass is 10.3. The Bertz CT molecular complexity index is 198. The number of aromatic hydroxyl groups is 2. The molecule has 1 aromatic rings. The highest BCUT2D eigenvalue weighted by Crippen LogP contribution is 2.13. The lowest BCUT2D eigenvalue weighted by Gasteiger charge is -1.93. The molecule has 0 spiro atoms. The van der Waals surface area contributed by atoms with E-state index in [2.05, 4.69) is 17.2 Å². The lowest BCUT2D eigenvalue weighted by molar-refractivity contribution is 0.0920. The van der Waals surface area contributed by atoms with Crippen molar-refractivity contribution in [3.8, 4) is 11.5 Å². The van der Waals surface area contributed by atoms with Crippen LogP contribution in [0.15, 0.2) is 24.3 Å². The first-order chi connectivity index (χ1) is 6.70. The van der Waals surface area contributed by atoms with Gasteiger partial charge in [-0.3, -0.25) is 0 Å². The van der Waals surface area contributed by atoms with Gasteiger partial charge in [0.1, 0.15) is 11.5 Å². The van der Waals surface area contributed by atoms with Crippen molar-refractivity contribution in [3.63, 3.8) is 0 Å². The van der Waals surface area contributed by atoms with Gasteiger partial charge in [0, 0.05) is 6.54 Å². The van der Waals surface area contributed by atoms with Gasteiger partial charge in [-0.2, -0.15) is 0 Å². The molecule has 0 aliphatic heterocycles. The van der Waals surface area contributed by atoms with Crippen LogP contribution in [0.25, 0.3) is 0 Å². The van der Waals surface area contributed by atoms with E-state index in [-0.39, 0.29) is 11.5 Å². The lowest BCUT2D eigenvalue weighted by Crippen LogP contribution is -2.11. The number of hydroxylamine groups is 1. The number of nitrogens with one attached hydrogen (secondary N) is 1. The molecule has 1 aromatic carbocycles. The van der Waals surface area contributed by atoms with Gasteiger partial charge in [0.25, 0.3) is 0 Å². The van der Waals surface area contributed by atoms with Crippen LogP contribution in [-0.4, -0.2) is 23.9 Å². The summed E-state index contributed by atoms with van der Waals surface area (Å²) in [5, 5.41) is 17.3. The van der Waals surface area contributed by atoms with Crippen LogP contribution in [0.1, 0.15) is 13.3 Å². The van der Waals surface area contributed by atoms with E-state index in [0.717, 1.165) is 13.0 Å². The fourth-order valence-corrected chi connectivity index (χ4v) is 0.657. The molecule has 0 atom stereocenters. The first-order valence-corrected chi connectivity index (χ1v) is 4.44. The molecule has 0 saturated carbocycles. The molecule has 80 valence electrons. The molecule has 0 bridgehead atoms. The van der Waals surface area contributed by atoms with Crippen LogP contribution < -0.4 is 5.48 Å². The van der Waals surface area contributed by atoms with Crippen LogP contribution in [0.4, 0.5) is 0 Å². The largest absolute Gasteiger partial charge is 0.508 e. The van der Waals surface area contributed by atoms with E-state index >= 15 is 0 Å². The van der Waals surface area contributed by atoms with Gasteiger partial charge in [0.2, 0.25) is 0 Å². The molecule has 0 radical (unpaired) electrons. The second-order valence-electron chi connectivity index (χ2n) is 2.61. The molecular formula is C10H17NO3. The Morgan fingerprint density at radius 2 is 1.57 bits per heavy atom.